The quantitative estimate of drug-likeness (QED) is 0.818. The summed E-state index contributed by atoms with van der Waals surface area (Å²) < 4.78 is 27.2. The van der Waals surface area contributed by atoms with E-state index in [0.29, 0.717) is 12.4 Å². The number of sulfonamides is 1. The van der Waals surface area contributed by atoms with Gasteiger partial charge in [-0.1, -0.05) is 13.0 Å². The molecule has 0 aliphatic heterocycles. The van der Waals surface area contributed by atoms with Crippen LogP contribution in [0.25, 0.3) is 0 Å². The summed E-state index contributed by atoms with van der Waals surface area (Å²) in [5.74, 6) is 0.526. The SMILES string of the molecule is CCCOc1cccc(S(N)(=O)=O)c1. The van der Waals surface area contributed by atoms with Crippen LogP contribution < -0.4 is 9.88 Å². The highest BCUT2D eigenvalue weighted by atomic mass is 32.2. The molecule has 0 unspecified atom stereocenters. The van der Waals surface area contributed by atoms with Gasteiger partial charge in [0.05, 0.1) is 11.5 Å². The molecule has 0 fully saturated rings. The predicted molar refractivity (Wildman–Crippen MR) is 53.6 cm³/mol. The van der Waals surface area contributed by atoms with Gasteiger partial charge in [0, 0.05) is 6.07 Å². The van der Waals surface area contributed by atoms with Gasteiger partial charge in [-0.15, -0.1) is 0 Å². The van der Waals surface area contributed by atoms with Crippen molar-refractivity contribution in [3.8, 4) is 5.75 Å². The Balaban J connectivity index is 2.90. The van der Waals surface area contributed by atoms with Crippen LogP contribution in [0.15, 0.2) is 29.2 Å². The highest BCUT2D eigenvalue weighted by Crippen LogP contribution is 2.16. The number of primary sulfonamides is 1. The Morgan fingerprint density at radius 3 is 2.71 bits per heavy atom. The van der Waals surface area contributed by atoms with E-state index < -0.39 is 10.0 Å². The maximum absolute atomic E-state index is 11.0. The molecule has 78 valence electrons. The molecule has 5 heteroatoms. The van der Waals surface area contributed by atoms with Crippen LogP contribution in [0.5, 0.6) is 5.75 Å². The number of ether oxygens (including phenoxy) is 1. The Labute approximate surface area is 83.7 Å². The van der Waals surface area contributed by atoms with Gasteiger partial charge in [0.15, 0.2) is 0 Å². The van der Waals surface area contributed by atoms with Gasteiger partial charge < -0.3 is 4.74 Å². The van der Waals surface area contributed by atoms with Crippen molar-refractivity contribution in [3.63, 3.8) is 0 Å². The van der Waals surface area contributed by atoms with E-state index in [4.69, 9.17) is 9.88 Å². The molecule has 1 aromatic carbocycles. The molecule has 2 N–H and O–H groups in total. The Morgan fingerprint density at radius 2 is 2.14 bits per heavy atom. The Hall–Kier alpha value is -1.07. The predicted octanol–water partition coefficient (Wildman–Crippen LogP) is 1.12. The summed E-state index contributed by atoms with van der Waals surface area (Å²) in [5.41, 5.74) is 0. The summed E-state index contributed by atoms with van der Waals surface area (Å²) in [6.45, 7) is 2.54. The van der Waals surface area contributed by atoms with Crippen LogP contribution in [0.3, 0.4) is 0 Å². The second-order valence-electron chi connectivity index (χ2n) is 2.87. The molecule has 1 rings (SSSR count). The number of benzene rings is 1. The first-order valence-electron chi connectivity index (χ1n) is 4.29. The Bertz CT molecular complexity index is 400. The van der Waals surface area contributed by atoms with Crippen molar-refractivity contribution in [1.29, 1.82) is 0 Å². The van der Waals surface area contributed by atoms with Crippen LogP contribution in [0, 0.1) is 0 Å². The van der Waals surface area contributed by atoms with E-state index in [9.17, 15) is 8.42 Å². The van der Waals surface area contributed by atoms with Gasteiger partial charge >= 0.3 is 0 Å². The Morgan fingerprint density at radius 1 is 1.43 bits per heavy atom. The lowest BCUT2D eigenvalue weighted by atomic mass is 10.3. The van der Waals surface area contributed by atoms with Crippen molar-refractivity contribution in [2.75, 3.05) is 6.61 Å². The summed E-state index contributed by atoms with van der Waals surface area (Å²) in [4.78, 5) is 0.0751. The molecule has 4 nitrogen and oxygen atoms in total. The van der Waals surface area contributed by atoms with Crippen molar-refractivity contribution in [3.05, 3.63) is 24.3 Å². The molecule has 0 spiro atoms. The minimum absolute atomic E-state index is 0.0751. The molecule has 0 saturated carbocycles. The van der Waals surface area contributed by atoms with Crippen LogP contribution in [-0.2, 0) is 10.0 Å². The number of hydrogen-bond donors (Lipinski definition) is 1. The smallest absolute Gasteiger partial charge is 0.238 e. The van der Waals surface area contributed by atoms with Crippen LogP contribution >= 0.6 is 0 Å². The molecule has 0 atom stereocenters. The lowest BCUT2D eigenvalue weighted by Crippen LogP contribution is -2.12. The zero-order valence-corrected chi connectivity index (χ0v) is 8.75. The van der Waals surface area contributed by atoms with E-state index >= 15 is 0 Å². The molecule has 0 heterocycles. The third-order valence-corrected chi connectivity index (χ3v) is 2.52. The monoisotopic (exact) mass is 215 g/mol. The van der Waals surface area contributed by atoms with E-state index in [1.807, 2.05) is 6.92 Å². The summed E-state index contributed by atoms with van der Waals surface area (Å²) >= 11 is 0. The zero-order valence-electron chi connectivity index (χ0n) is 7.93. The summed E-state index contributed by atoms with van der Waals surface area (Å²) in [6, 6.07) is 6.16. The third kappa shape index (κ3) is 3.01. The molecule has 0 radical (unpaired) electrons. The minimum atomic E-state index is -3.63. The molecular formula is C9H13NO3S. The van der Waals surface area contributed by atoms with Crippen molar-refractivity contribution in [2.45, 2.75) is 18.2 Å². The highest BCUT2D eigenvalue weighted by molar-refractivity contribution is 7.89. The molecule has 1 aromatic rings. The fourth-order valence-corrected chi connectivity index (χ4v) is 1.51. The summed E-state index contributed by atoms with van der Waals surface area (Å²) in [7, 11) is -3.63. The average molecular weight is 215 g/mol. The van der Waals surface area contributed by atoms with Gasteiger partial charge in [-0.3, -0.25) is 0 Å². The normalized spacial score (nSPS) is 11.3. The average Bonchev–Trinajstić information content (AvgIpc) is 2.14. The first-order chi connectivity index (χ1) is 6.54. The fraction of sp³-hybridized carbons (Fsp3) is 0.333. The maximum Gasteiger partial charge on any atom is 0.238 e. The van der Waals surface area contributed by atoms with E-state index in [-0.39, 0.29) is 4.90 Å². The van der Waals surface area contributed by atoms with Gasteiger partial charge in [-0.25, -0.2) is 13.6 Å². The van der Waals surface area contributed by atoms with Crippen LogP contribution in [0.2, 0.25) is 0 Å². The number of rotatable bonds is 4. The van der Waals surface area contributed by atoms with E-state index in [1.54, 1.807) is 12.1 Å². The van der Waals surface area contributed by atoms with Gasteiger partial charge in [0.2, 0.25) is 10.0 Å². The largest absolute Gasteiger partial charge is 0.494 e. The topological polar surface area (TPSA) is 69.4 Å². The van der Waals surface area contributed by atoms with Crippen molar-refractivity contribution < 1.29 is 13.2 Å². The fourth-order valence-electron chi connectivity index (χ4n) is 0.961. The molecule has 0 amide bonds. The minimum Gasteiger partial charge on any atom is -0.494 e. The van der Waals surface area contributed by atoms with Crippen LogP contribution in [0.1, 0.15) is 13.3 Å². The molecule has 0 aliphatic carbocycles. The third-order valence-electron chi connectivity index (χ3n) is 1.61. The van der Waals surface area contributed by atoms with Gasteiger partial charge in [0.25, 0.3) is 0 Å². The van der Waals surface area contributed by atoms with Gasteiger partial charge in [0.1, 0.15) is 5.75 Å². The lowest BCUT2D eigenvalue weighted by molar-refractivity contribution is 0.316. The molecule has 0 bridgehead atoms. The Kier molecular flexibility index (Phi) is 3.49. The first-order valence-corrected chi connectivity index (χ1v) is 5.84. The highest BCUT2D eigenvalue weighted by Gasteiger charge is 2.07. The molecule has 14 heavy (non-hydrogen) atoms. The maximum atomic E-state index is 11.0. The second-order valence-corrected chi connectivity index (χ2v) is 4.43. The van der Waals surface area contributed by atoms with Gasteiger partial charge in [-0.05, 0) is 18.6 Å². The van der Waals surface area contributed by atoms with E-state index in [0.717, 1.165) is 6.42 Å². The van der Waals surface area contributed by atoms with Crippen LogP contribution in [-0.4, -0.2) is 15.0 Å². The summed E-state index contributed by atoms with van der Waals surface area (Å²) in [6.07, 6.45) is 0.875. The van der Waals surface area contributed by atoms with Crippen molar-refractivity contribution in [1.82, 2.24) is 0 Å². The zero-order chi connectivity index (χ0) is 10.6. The number of nitrogens with two attached hydrogens (primary N) is 1. The molecule has 0 saturated heterocycles. The van der Waals surface area contributed by atoms with Crippen molar-refractivity contribution >= 4 is 10.0 Å². The molecule has 0 aromatic heterocycles. The molecule has 0 aliphatic rings. The second kappa shape index (κ2) is 4.43. The van der Waals surface area contributed by atoms with Gasteiger partial charge in [-0.2, -0.15) is 0 Å². The summed E-state index contributed by atoms with van der Waals surface area (Å²) in [5, 5.41) is 4.97. The molecular weight excluding hydrogens is 202 g/mol. The number of hydrogen-bond acceptors (Lipinski definition) is 3. The van der Waals surface area contributed by atoms with Crippen LogP contribution in [0.4, 0.5) is 0 Å². The van der Waals surface area contributed by atoms with Crippen molar-refractivity contribution in [2.24, 2.45) is 5.14 Å². The van der Waals surface area contributed by atoms with E-state index in [2.05, 4.69) is 0 Å². The lowest BCUT2D eigenvalue weighted by Gasteiger charge is -2.05. The van der Waals surface area contributed by atoms with E-state index in [1.165, 1.54) is 12.1 Å². The first kappa shape index (κ1) is 11.0. The standard InChI is InChI=1S/C9H13NO3S/c1-2-6-13-8-4-3-5-9(7-8)14(10,11)12/h3-5,7H,2,6H2,1H3,(H2,10,11,12).